The highest BCUT2D eigenvalue weighted by Gasteiger charge is 2.17. The van der Waals surface area contributed by atoms with Gasteiger partial charge in [0.2, 0.25) is 17.8 Å². The van der Waals surface area contributed by atoms with Gasteiger partial charge in [-0.15, -0.1) is 0 Å². The van der Waals surface area contributed by atoms with Crippen LogP contribution in [0.4, 0.5) is 23.0 Å². The lowest BCUT2D eigenvalue weighted by Gasteiger charge is -2.13. The number of aliphatic hydroxyl groups excluding tert-OH is 1. The Labute approximate surface area is 160 Å². The molecule has 142 valence electrons. The van der Waals surface area contributed by atoms with Crippen LogP contribution in [0.15, 0.2) is 24.3 Å². The molecule has 1 aliphatic rings. The Kier molecular flexibility index (Phi) is 5.56. The Bertz CT molecular complexity index is 863. The van der Waals surface area contributed by atoms with Gasteiger partial charge in [0.1, 0.15) is 0 Å². The lowest BCUT2D eigenvalue weighted by atomic mass is 10.3. The van der Waals surface area contributed by atoms with Crippen LogP contribution < -0.4 is 21.3 Å². The standard InChI is InChI=1S/C17H22N8OS/c26-9-3-7-19-14-22-15(20-11-6-8-18-10-11)24-16(23-14)25-17-21-12-4-1-2-5-13(12)27-17/h1-2,4-5,11,18,26H,3,6-10H2,(H3,19,20,21,22,23,24,25)/t11-/m1/s1. The molecule has 10 heteroatoms. The summed E-state index contributed by atoms with van der Waals surface area (Å²) < 4.78 is 1.10. The molecule has 0 radical (unpaired) electrons. The SMILES string of the molecule is OCCCNc1nc(Nc2nc3ccccc3s2)nc(N[C@@H]2CCNC2)n1. The van der Waals surface area contributed by atoms with E-state index >= 15 is 0 Å². The smallest absolute Gasteiger partial charge is 0.235 e. The molecule has 4 rings (SSSR count). The van der Waals surface area contributed by atoms with Crippen molar-refractivity contribution in [2.24, 2.45) is 0 Å². The molecule has 3 aromatic rings. The maximum absolute atomic E-state index is 8.98. The first-order chi connectivity index (χ1) is 13.3. The lowest BCUT2D eigenvalue weighted by molar-refractivity contribution is 0.292. The van der Waals surface area contributed by atoms with Gasteiger partial charge in [-0.05, 0) is 31.5 Å². The largest absolute Gasteiger partial charge is 0.396 e. The van der Waals surface area contributed by atoms with E-state index in [4.69, 9.17) is 5.11 Å². The van der Waals surface area contributed by atoms with Crippen molar-refractivity contribution in [1.29, 1.82) is 0 Å². The predicted octanol–water partition coefficient (Wildman–Crippen LogP) is 1.79. The molecule has 2 aromatic heterocycles. The fraction of sp³-hybridized carbons (Fsp3) is 0.412. The fourth-order valence-corrected chi connectivity index (χ4v) is 3.70. The van der Waals surface area contributed by atoms with Crippen molar-refractivity contribution in [3.05, 3.63) is 24.3 Å². The highest BCUT2D eigenvalue weighted by Crippen LogP contribution is 2.27. The van der Waals surface area contributed by atoms with Crippen molar-refractivity contribution in [3.63, 3.8) is 0 Å². The van der Waals surface area contributed by atoms with Crippen molar-refractivity contribution >= 4 is 44.5 Å². The summed E-state index contributed by atoms with van der Waals surface area (Å²) in [5.74, 6) is 1.42. The third-order valence-corrected chi connectivity index (χ3v) is 5.11. The summed E-state index contributed by atoms with van der Waals surface area (Å²) in [6, 6.07) is 8.27. The van der Waals surface area contributed by atoms with Crippen molar-refractivity contribution < 1.29 is 5.11 Å². The molecule has 0 amide bonds. The van der Waals surface area contributed by atoms with Crippen molar-refractivity contribution in [2.45, 2.75) is 18.9 Å². The van der Waals surface area contributed by atoms with Gasteiger partial charge in [0.05, 0.1) is 10.2 Å². The van der Waals surface area contributed by atoms with E-state index in [1.165, 1.54) is 0 Å². The minimum absolute atomic E-state index is 0.119. The molecule has 5 N–H and O–H groups in total. The molecule has 0 unspecified atom stereocenters. The number of nitrogens with one attached hydrogen (secondary N) is 4. The highest BCUT2D eigenvalue weighted by atomic mass is 32.1. The minimum Gasteiger partial charge on any atom is -0.396 e. The number of anilines is 4. The van der Waals surface area contributed by atoms with E-state index in [9.17, 15) is 0 Å². The topological polar surface area (TPSA) is 120 Å². The summed E-state index contributed by atoms with van der Waals surface area (Å²) in [6.07, 6.45) is 1.65. The number of rotatable bonds is 8. The number of hydrogen-bond donors (Lipinski definition) is 5. The van der Waals surface area contributed by atoms with Crippen molar-refractivity contribution in [1.82, 2.24) is 25.3 Å². The van der Waals surface area contributed by atoms with Crippen LogP contribution in [-0.4, -0.2) is 57.3 Å². The molecule has 0 spiro atoms. The van der Waals surface area contributed by atoms with E-state index in [0.717, 1.165) is 34.9 Å². The zero-order valence-electron chi connectivity index (χ0n) is 14.8. The van der Waals surface area contributed by atoms with Crippen LogP contribution in [0.3, 0.4) is 0 Å². The number of nitrogens with zero attached hydrogens (tertiary/aromatic N) is 4. The van der Waals surface area contributed by atoms with E-state index in [1.807, 2.05) is 24.3 Å². The molecule has 1 saturated heterocycles. The number of thiazole rings is 1. The van der Waals surface area contributed by atoms with Gasteiger partial charge < -0.3 is 21.1 Å². The molecule has 3 heterocycles. The average Bonchev–Trinajstić information content (AvgIpc) is 3.30. The second-order valence-corrected chi connectivity index (χ2v) is 7.29. The molecule has 1 aliphatic heterocycles. The van der Waals surface area contributed by atoms with Gasteiger partial charge in [-0.25, -0.2) is 4.98 Å². The van der Waals surface area contributed by atoms with Gasteiger partial charge in [0, 0.05) is 25.7 Å². The summed E-state index contributed by atoms with van der Waals surface area (Å²) in [5, 5.41) is 22.7. The first-order valence-corrected chi connectivity index (χ1v) is 9.82. The summed E-state index contributed by atoms with van der Waals surface area (Å²) in [6.45, 7) is 2.58. The summed E-state index contributed by atoms with van der Waals surface area (Å²) in [7, 11) is 0. The second kappa shape index (κ2) is 8.42. The van der Waals surface area contributed by atoms with Crippen LogP contribution in [0.2, 0.25) is 0 Å². The van der Waals surface area contributed by atoms with E-state index in [0.29, 0.717) is 36.9 Å². The molecular formula is C17H22N8OS. The Morgan fingerprint density at radius 2 is 1.96 bits per heavy atom. The van der Waals surface area contributed by atoms with Crippen LogP contribution >= 0.6 is 11.3 Å². The van der Waals surface area contributed by atoms with E-state index in [-0.39, 0.29) is 6.61 Å². The van der Waals surface area contributed by atoms with Gasteiger partial charge in [-0.1, -0.05) is 23.5 Å². The maximum Gasteiger partial charge on any atom is 0.235 e. The quantitative estimate of drug-likeness (QED) is 0.369. The highest BCUT2D eigenvalue weighted by molar-refractivity contribution is 7.22. The van der Waals surface area contributed by atoms with Gasteiger partial charge >= 0.3 is 0 Å². The molecule has 0 saturated carbocycles. The molecule has 1 fully saturated rings. The predicted molar refractivity (Wildman–Crippen MR) is 108 cm³/mol. The fourth-order valence-electron chi connectivity index (χ4n) is 2.84. The average molecular weight is 386 g/mol. The van der Waals surface area contributed by atoms with E-state index in [1.54, 1.807) is 11.3 Å². The van der Waals surface area contributed by atoms with Crippen LogP contribution in [0.1, 0.15) is 12.8 Å². The summed E-state index contributed by atoms with van der Waals surface area (Å²) in [5.41, 5.74) is 0.940. The molecule has 27 heavy (non-hydrogen) atoms. The zero-order chi connectivity index (χ0) is 18.5. The van der Waals surface area contributed by atoms with Gasteiger partial charge in [-0.2, -0.15) is 15.0 Å². The molecule has 0 bridgehead atoms. The monoisotopic (exact) mass is 386 g/mol. The number of fused-ring (bicyclic) bond motifs is 1. The number of aliphatic hydroxyl groups is 1. The van der Waals surface area contributed by atoms with Gasteiger partial charge in [-0.3, -0.25) is 5.32 Å². The Morgan fingerprint density at radius 3 is 2.78 bits per heavy atom. The van der Waals surface area contributed by atoms with Crippen LogP contribution in [0.5, 0.6) is 0 Å². The summed E-state index contributed by atoms with van der Waals surface area (Å²) in [4.78, 5) is 17.9. The lowest BCUT2D eigenvalue weighted by Crippen LogP contribution is -2.24. The third-order valence-electron chi connectivity index (χ3n) is 4.16. The van der Waals surface area contributed by atoms with Crippen molar-refractivity contribution in [3.8, 4) is 0 Å². The number of aromatic nitrogens is 4. The molecule has 1 aromatic carbocycles. The minimum atomic E-state index is 0.119. The van der Waals surface area contributed by atoms with Crippen molar-refractivity contribution in [2.75, 3.05) is 42.2 Å². The van der Waals surface area contributed by atoms with Crippen LogP contribution in [-0.2, 0) is 0 Å². The Hall–Kier alpha value is -2.56. The van der Waals surface area contributed by atoms with E-state index in [2.05, 4.69) is 41.2 Å². The summed E-state index contributed by atoms with van der Waals surface area (Å²) >= 11 is 1.55. The number of hydrogen-bond acceptors (Lipinski definition) is 10. The second-order valence-electron chi connectivity index (χ2n) is 6.26. The van der Waals surface area contributed by atoms with E-state index < -0.39 is 0 Å². The molecule has 0 aliphatic carbocycles. The van der Waals surface area contributed by atoms with Gasteiger partial charge in [0.15, 0.2) is 5.13 Å². The Morgan fingerprint density at radius 1 is 1.11 bits per heavy atom. The molecule has 1 atom stereocenters. The van der Waals surface area contributed by atoms with Crippen LogP contribution in [0, 0.1) is 0 Å². The van der Waals surface area contributed by atoms with Crippen LogP contribution in [0.25, 0.3) is 10.2 Å². The normalized spacial score (nSPS) is 16.6. The zero-order valence-corrected chi connectivity index (χ0v) is 15.6. The molecule has 9 nitrogen and oxygen atoms in total. The first-order valence-electron chi connectivity index (χ1n) is 9.01. The number of benzene rings is 1. The third kappa shape index (κ3) is 4.59. The van der Waals surface area contributed by atoms with Gasteiger partial charge in [0.25, 0.3) is 0 Å². The molecular weight excluding hydrogens is 364 g/mol. The first kappa shape index (κ1) is 17.8. The number of para-hydroxylation sites is 1. The Balaban J connectivity index is 1.55. The maximum atomic E-state index is 8.98.